The number of pyridine rings is 1. The number of benzene rings is 1. The molecule has 0 saturated carbocycles. The summed E-state index contributed by atoms with van der Waals surface area (Å²) in [5, 5.41) is 0.202. The van der Waals surface area contributed by atoms with Gasteiger partial charge >= 0.3 is 5.97 Å². The maximum Gasteiger partial charge on any atom is 0.339 e. The van der Waals surface area contributed by atoms with Crippen molar-refractivity contribution in [2.45, 2.75) is 0 Å². The highest BCUT2D eigenvalue weighted by molar-refractivity contribution is 6.32. The lowest BCUT2D eigenvalue weighted by molar-refractivity contribution is 0.0600. The molecule has 5 heteroatoms. The molecule has 2 rings (SSSR count). The average Bonchev–Trinajstić information content (AvgIpc) is 2.38. The van der Waals surface area contributed by atoms with Crippen molar-refractivity contribution in [3.05, 3.63) is 53.1 Å². The van der Waals surface area contributed by atoms with Crippen molar-refractivity contribution in [3.63, 3.8) is 0 Å². The summed E-state index contributed by atoms with van der Waals surface area (Å²) in [7, 11) is 1.28. The van der Waals surface area contributed by atoms with Crippen LogP contribution in [0.3, 0.4) is 0 Å². The predicted octanol–water partition coefficient (Wildman–Crippen LogP) is 3.33. The molecule has 18 heavy (non-hydrogen) atoms. The highest BCUT2D eigenvalue weighted by atomic mass is 35.5. The number of carbonyl (C=O) groups is 1. The van der Waals surface area contributed by atoms with Crippen molar-refractivity contribution in [2.24, 2.45) is 0 Å². The van der Waals surface area contributed by atoms with Crippen LogP contribution >= 0.6 is 11.6 Å². The zero-order chi connectivity index (χ0) is 13.1. The number of halogens is 2. The molecule has 0 aliphatic carbocycles. The molecule has 0 aliphatic rings. The van der Waals surface area contributed by atoms with Crippen LogP contribution in [0.4, 0.5) is 4.39 Å². The molecule has 0 unspecified atom stereocenters. The Kier molecular flexibility index (Phi) is 3.58. The zero-order valence-corrected chi connectivity index (χ0v) is 10.2. The molecule has 0 fully saturated rings. The maximum atomic E-state index is 13.2. The fourth-order valence-corrected chi connectivity index (χ4v) is 1.75. The molecule has 92 valence electrons. The average molecular weight is 266 g/mol. The van der Waals surface area contributed by atoms with Gasteiger partial charge in [0, 0.05) is 11.8 Å². The van der Waals surface area contributed by atoms with E-state index in [1.165, 1.54) is 31.5 Å². The Hall–Kier alpha value is -1.94. The van der Waals surface area contributed by atoms with E-state index < -0.39 is 5.97 Å². The van der Waals surface area contributed by atoms with E-state index in [0.29, 0.717) is 11.1 Å². The van der Waals surface area contributed by atoms with Gasteiger partial charge in [-0.15, -0.1) is 0 Å². The van der Waals surface area contributed by atoms with Gasteiger partial charge in [-0.3, -0.25) is 0 Å². The first-order chi connectivity index (χ1) is 8.61. The van der Waals surface area contributed by atoms with Gasteiger partial charge in [0.05, 0.1) is 12.7 Å². The van der Waals surface area contributed by atoms with Crippen molar-refractivity contribution in [1.29, 1.82) is 0 Å². The standard InChI is InChI=1S/C13H9ClFNO2/c1-18-13(17)9-6-11(12(14)16-7-9)8-3-2-4-10(15)5-8/h2-7H,1H3. The SMILES string of the molecule is COC(=O)c1cnc(Cl)c(-c2cccc(F)c2)c1. The van der Waals surface area contributed by atoms with Gasteiger partial charge in [0.1, 0.15) is 11.0 Å². The topological polar surface area (TPSA) is 39.2 Å². The zero-order valence-electron chi connectivity index (χ0n) is 9.48. The lowest BCUT2D eigenvalue weighted by atomic mass is 10.1. The first-order valence-electron chi connectivity index (χ1n) is 5.11. The smallest absolute Gasteiger partial charge is 0.339 e. The number of aromatic nitrogens is 1. The second-order valence-corrected chi connectivity index (χ2v) is 3.92. The third-order valence-electron chi connectivity index (χ3n) is 2.40. The number of methoxy groups -OCH3 is 1. The van der Waals surface area contributed by atoms with Gasteiger partial charge < -0.3 is 4.74 Å². The molecular weight excluding hydrogens is 257 g/mol. The second-order valence-electron chi connectivity index (χ2n) is 3.56. The van der Waals surface area contributed by atoms with E-state index in [0.717, 1.165) is 0 Å². The number of rotatable bonds is 2. The van der Waals surface area contributed by atoms with Crippen molar-refractivity contribution < 1.29 is 13.9 Å². The molecule has 0 spiro atoms. The van der Waals surface area contributed by atoms with Crippen molar-refractivity contribution in [2.75, 3.05) is 7.11 Å². The summed E-state index contributed by atoms with van der Waals surface area (Å²) in [4.78, 5) is 15.3. The van der Waals surface area contributed by atoms with E-state index in [1.807, 2.05) is 0 Å². The molecule has 0 N–H and O–H groups in total. The molecule has 0 atom stereocenters. The quantitative estimate of drug-likeness (QED) is 0.618. The Bertz CT molecular complexity index is 601. The summed E-state index contributed by atoms with van der Waals surface area (Å²) in [5.41, 5.74) is 1.30. The molecule has 0 amide bonds. The predicted molar refractivity (Wildman–Crippen MR) is 66.0 cm³/mol. The highest BCUT2D eigenvalue weighted by Gasteiger charge is 2.11. The van der Waals surface area contributed by atoms with Crippen LogP contribution in [0.2, 0.25) is 5.15 Å². The Labute approximate surface area is 108 Å². The van der Waals surface area contributed by atoms with Crippen LogP contribution < -0.4 is 0 Å². The third-order valence-corrected chi connectivity index (χ3v) is 2.70. The van der Waals surface area contributed by atoms with Crippen LogP contribution in [-0.4, -0.2) is 18.1 Å². The molecule has 0 radical (unpaired) electrons. The number of nitrogens with zero attached hydrogens (tertiary/aromatic N) is 1. The highest BCUT2D eigenvalue weighted by Crippen LogP contribution is 2.27. The number of hydrogen-bond donors (Lipinski definition) is 0. The van der Waals surface area contributed by atoms with Crippen LogP contribution in [0.5, 0.6) is 0 Å². The van der Waals surface area contributed by atoms with Gasteiger partial charge in [0.15, 0.2) is 0 Å². The Morgan fingerprint density at radius 3 is 2.83 bits per heavy atom. The van der Waals surface area contributed by atoms with Crippen molar-refractivity contribution in [3.8, 4) is 11.1 Å². The summed E-state index contributed by atoms with van der Waals surface area (Å²) < 4.78 is 17.7. The molecule has 0 aliphatic heterocycles. The first-order valence-corrected chi connectivity index (χ1v) is 5.49. The van der Waals surface area contributed by atoms with Crippen LogP contribution in [0, 0.1) is 5.82 Å². The lowest BCUT2D eigenvalue weighted by Gasteiger charge is -2.06. The van der Waals surface area contributed by atoms with Gasteiger partial charge in [-0.2, -0.15) is 0 Å². The van der Waals surface area contributed by atoms with Gasteiger partial charge in [-0.25, -0.2) is 14.2 Å². The summed E-state index contributed by atoms with van der Waals surface area (Å²) in [6.45, 7) is 0. The molecule has 0 saturated heterocycles. The van der Waals surface area contributed by atoms with Crippen LogP contribution in [0.25, 0.3) is 11.1 Å². The minimum absolute atomic E-state index is 0.202. The molecule has 1 aromatic heterocycles. The Morgan fingerprint density at radius 1 is 1.39 bits per heavy atom. The summed E-state index contributed by atoms with van der Waals surface area (Å²) in [6, 6.07) is 7.42. The lowest BCUT2D eigenvalue weighted by Crippen LogP contribution is -2.02. The number of hydrogen-bond acceptors (Lipinski definition) is 3. The number of ether oxygens (including phenoxy) is 1. The van der Waals surface area contributed by atoms with Crippen LogP contribution in [0.1, 0.15) is 10.4 Å². The van der Waals surface area contributed by atoms with E-state index in [4.69, 9.17) is 11.6 Å². The van der Waals surface area contributed by atoms with E-state index >= 15 is 0 Å². The van der Waals surface area contributed by atoms with Crippen molar-refractivity contribution in [1.82, 2.24) is 4.98 Å². The van der Waals surface area contributed by atoms with Gasteiger partial charge in [0.25, 0.3) is 0 Å². The van der Waals surface area contributed by atoms with E-state index in [-0.39, 0.29) is 16.5 Å². The van der Waals surface area contributed by atoms with Crippen molar-refractivity contribution >= 4 is 17.6 Å². The molecule has 1 aromatic carbocycles. The monoisotopic (exact) mass is 265 g/mol. The van der Waals surface area contributed by atoms with Crippen LogP contribution in [0.15, 0.2) is 36.5 Å². The minimum atomic E-state index is -0.517. The summed E-state index contributed by atoms with van der Waals surface area (Å²) in [6.07, 6.45) is 1.32. The molecular formula is C13H9ClFNO2. The Balaban J connectivity index is 2.53. The van der Waals surface area contributed by atoms with E-state index in [9.17, 15) is 9.18 Å². The van der Waals surface area contributed by atoms with E-state index in [1.54, 1.807) is 12.1 Å². The first kappa shape index (κ1) is 12.5. The fourth-order valence-electron chi connectivity index (χ4n) is 1.54. The van der Waals surface area contributed by atoms with Gasteiger partial charge in [-0.1, -0.05) is 23.7 Å². The number of carbonyl (C=O) groups excluding carboxylic acids is 1. The molecule has 0 bridgehead atoms. The minimum Gasteiger partial charge on any atom is -0.465 e. The molecule has 3 nitrogen and oxygen atoms in total. The molecule has 1 heterocycles. The van der Waals surface area contributed by atoms with Gasteiger partial charge in [0.2, 0.25) is 0 Å². The Morgan fingerprint density at radius 2 is 2.17 bits per heavy atom. The number of esters is 1. The second kappa shape index (κ2) is 5.14. The maximum absolute atomic E-state index is 13.2. The van der Waals surface area contributed by atoms with E-state index in [2.05, 4.69) is 9.72 Å². The van der Waals surface area contributed by atoms with Gasteiger partial charge in [-0.05, 0) is 23.8 Å². The van der Waals surface area contributed by atoms with Crippen LogP contribution in [-0.2, 0) is 4.74 Å². The largest absolute Gasteiger partial charge is 0.465 e. The third kappa shape index (κ3) is 2.49. The fraction of sp³-hybridized carbons (Fsp3) is 0.0769. The summed E-state index contributed by atoms with van der Waals surface area (Å²) in [5.74, 6) is -0.899. The molecule has 2 aromatic rings. The normalized spacial score (nSPS) is 10.2. The summed E-state index contributed by atoms with van der Waals surface area (Å²) >= 11 is 5.95.